The number of rotatable bonds is 6. The van der Waals surface area contributed by atoms with Crippen LogP contribution in [0.2, 0.25) is 5.02 Å². The van der Waals surface area contributed by atoms with E-state index in [1.165, 1.54) is 0 Å². The van der Waals surface area contributed by atoms with Crippen molar-refractivity contribution in [1.82, 2.24) is 9.80 Å². The number of benzene rings is 2. The molecule has 1 N–H and O–H groups in total. The standard InChI is InChI=1S/C21H23ClN2O2/c22-20-9-5-17(6-10-20)2-1-11-23-12-14-24(15-13-23)16-18-3-7-19(8-4-18)21(25)26/h1-10H,11-16H2,(H,25,26). The minimum absolute atomic E-state index is 0.339. The van der Waals surface area contributed by atoms with E-state index in [4.69, 9.17) is 16.7 Å². The summed E-state index contributed by atoms with van der Waals surface area (Å²) in [6.07, 6.45) is 4.33. The quantitative estimate of drug-likeness (QED) is 0.838. The van der Waals surface area contributed by atoms with E-state index in [1.54, 1.807) is 12.1 Å². The first kappa shape index (κ1) is 18.6. The zero-order chi connectivity index (χ0) is 18.4. The largest absolute Gasteiger partial charge is 0.478 e. The van der Waals surface area contributed by atoms with Crippen molar-refractivity contribution in [3.8, 4) is 0 Å². The molecule has 0 atom stereocenters. The number of hydrogen-bond donors (Lipinski definition) is 1. The molecule has 0 bridgehead atoms. The van der Waals surface area contributed by atoms with E-state index in [0.29, 0.717) is 5.56 Å². The van der Waals surface area contributed by atoms with Gasteiger partial charge in [0, 0.05) is 44.3 Å². The lowest BCUT2D eigenvalue weighted by atomic mass is 10.1. The SMILES string of the molecule is O=C(O)c1ccc(CN2CCN(CC=Cc3ccc(Cl)cc3)CC2)cc1. The van der Waals surface area contributed by atoms with Crippen LogP contribution in [0, 0.1) is 0 Å². The van der Waals surface area contributed by atoms with Crippen LogP contribution < -0.4 is 0 Å². The molecule has 0 saturated carbocycles. The van der Waals surface area contributed by atoms with Gasteiger partial charge in [-0.1, -0.05) is 48.0 Å². The second-order valence-corrected chi connectivity index (χ2v) is 6.97. The second-order valence-electron chi connectivity index (χ2n) is 6.53. The lowest BCUT2D eigenvalue weighted by molar-refractivity contribution is 0.0697. The minimum Gasteiger partial charge on any atom is -0.478 e. The third-order valence-electron chi connectivity index (χ3n) is 4.62. The normalized spacial score (nSPS) is 16.2. The Hall–Kier alpha value is -2.14. The van der Waals surface area contributed by atoms with Gasteiger partial charge in [-0.25, -0.2) is 4.79 Å². The molecule has 1 aliphatic heterocycles. The number of carboxylic acids is 1. The molecule has 2 aromatic carbocycles. The molecule has 3 rings (SSSR count). The third kappa shape index (κ3) is 5.43. The van der Waals surface area contributed by atoms with Crippen LogP contribution >= 0.6 is 11.6 Å². The number of piperazine rings is 1. The van der Waals surface area contributed by atoms with E-state index in [-0.39, 0.29) is 0 Å². The average Bonchev–Trinajstić information content (AvgIpc) is 2.65. The Kier molecular flexibility index (Phi) is 6.45. The molecule has 1 heterocycles. The van der Waals surface area contributed by atoms with Crippen LogP contribution in [0.3, 0.4) is 0 Å². The number of carbonyl (C=O) groups is 1. The average molecular weight is 371 g/mol. The zero-order valence-electron chi connectivity index (χ0n) is 14.6. The van der Waals surface area contributed by atoms with E-state index in [1.807, 2.05) is 36.4 Å². The van der Waals surface area contributed by atoms with Crippen molar-refractivity contribution in [2.75, 3.05) is 32.7 Å². The molecule has 136 valence electrons. The van der Waals surface area contributed by atoms with Crippen molar-refractivity contribution in [2.45, 2.75) is 6.54 Å². The first-order chi connectivity index (χ1) is 12.6. The van der Waals surface area contributed by atoms with Gasteiger partial charge in [0.15, 0.2) is 0 Å². The molecule has 1 fully saturated rings. The number of hydrogen-bond acceptors (Lipinski definition) is 3. The molecule has 0 amide bonds. The Bertz CT molecular complexity index is 749. The number of carboxylic acid groups (broad SMARTS) is 1. The first-order valence-corrected chi connectivity index (χ1v) is 9.17. The van der Waals surface area contributed by atoms with Gasteiger partial charge >= 0.3 is 5.97 Å². The predicted octanol–water partition coefficient (Wildman–Crippen LogP) is 3.87. The summed E-state index contributed by atoms with van der Waals surface area (Å²) in [5.41, 5.74) is 2.66. The Morgan fingerprint density at radius 1 is 0.962 bits per heavy atom. The van der Waals surface area contributed by atoms with Crippen molar-refractivity contribution in [1.29, 1.82) is 0 Å². The number of halogens is 1. The molecule has 1 aliphatic rings. The van der Waals surface area contributed by atoms with E-state index >= 15 is 0 Å². The summed E-state index contributed by atoms with van der Waals surface area (Å²) >= 11 is 5.90. The van der Waals surface area contributed by atoms with E-state index in [0.717, 1.165) is 55.4 Å². The third-order valence-corrected chi connectivity index (χ3v) is 4.87. The van der Waals surface area contributed by atoms with Crippen LogP contribution in [0.1, 0.15) is 21.5 Å². The van der Waals surface area contributed by atoms with Crippen molar-refractivity contribution in [3.05, 3.63) is 76.3 Å². The minimum atomic E-state index is -0.878. The molecule has 1 saturated heterocycles. The summed E-state index contributed by atoms with van der Waals surface area (Å²) in [5, 5.41) is 9.71. The fourth-order valence-electron chi connectivity index (χ4n) is 3.05. The van der Waals surface area contributed by atoms with Crippen LogP contribution in [0.25, 0.3) is 6.08 Å². The molecular formula is C21H23ClN2O2. The molecule has 0 radical (unpaired) electrons. The Morgan fingerprint density at radius 2 is 1.58 bits per heavy atom. The van der Waals surface area contributed by atoms with Crippen LogP contribution in [0.4, 0.5) is 0 Å². The summed E-state index contributed by atoms with van der Waals surface area (Å²) in [6.45, 7) is 5.94. The van der Waals surface area contributed by atoms with E-state index in [9.17, 15) is 4.79 Å². The topological polar surface area (TPSA) is 43.8 Å². The Labute approximate surface area is 159 Å². The monoisotopic (exact) mass is 370 g/mol. The molecular weight excluding hydrogens is 348 g/mol. The van der Waals surface area contributed by atoms with Gasteiger partial charge in [-0.3, -0.25) is 9.80 Å². The number of aromatic carboxylic acids is 1. The summed E-state index contributed by atoms with van der Waals surface area (Å²) < 4.78 is 0. The van der Waals surface area contributed by atoms with Crippen molar-refractivity contribution in [2.24, 2.45) is 0 Å². The maximum absolute atomic E-state index is 10.9. The summed E-state index contributed by atoms with van der Waals surface area (Å²) in [5.74, 6) is -0.878. The molecule has 0 spiro atoms. The first-order valence-electron chi connectivity index (χ1n) is 8.79. The number of nitrogens with zero attached hydrogens (tertiary/aromatic N) is 2. The van der Waals surface area contributed by atoms with Crippen LogP contribution in [-0.4, -0.2) is 53.6 Å². The van der Waals surface area contributed by atoms with Gasteiger partial charge in [-0.15, -0.1) is 0 Å². The van der Waals surface area contributed by atoms with Gasteiger partial charge in [0.25, 0.3) is 0 Å². The molecule has 5 heteroatoms. The van der Waals surface area contributed by atoms with E-state index < -0.39 is 5.97 Å². The highest BCUT2D eigenvalue weighted by Crippen LogP contribution is 2.12. The highest BCUT2D eigenvalue weighted by molar-refractivity contribution is 6.30. The van der Waals surface area contributed by atoms with Crippen LogP contribution in [-0.2, 0) is 6.54 Å². The van der Waals surface area contributed by atoms with Crippen molar-refractivity contribution < 1.29 is 9.90 Å². The van der Waals surface area contributed by atoms with Gasteiger partial charge < -0.3 is 5.11 Å². The van der Waals surface area contributed by atoms with E-state index in [2.05, 4.69) is 22.0 Å². The van der Waals surface area contributed by atoms with Gasteiger partial charge in [-0.05, 0) is 35.4 Å². The van der Waals surface area contributed by atoms with Crippen LogP contribution in [0.5, 0.6) is 0 Å². The molecule has 0 aromatic heterocycles. The summed E-state index contributed by atoms with van der Waals surface area (Å²) in [4.78, 5) is 15.8. The molecule has 0 unspecified atom stereocenters. The van der Waals surface area contributed by atoms with Gasteiger partial charge in [0.05, 0.1) is 5.56 Å². The molecule has 4 nitrogen and oxygen atoms in total. The highest BCUT2D eigenvalue weighted by Gasteiger charge is 2.16. The zero-order valence-corrected chi connectivity index (χ0v) is 15.4. The second kappa shape index (κ2) is 8.99. The Morgan fingerprint density at radius 3 is 2.19 bits per heavy atom. The van der Waals surface area contributed by atoms with Crippen molar-refractivity contribution in [3.63, 3.8) is 0 Å². The van der Waals surface area contributed by atoms with Crippen molar-refractivity contribution >= 4 is 23.6 Å². The molecule has 26 heavy (non-hydrogen) atoms. The van der Waals surface area contributed by atoms with Gasteiger partial charge in [-0.2, -0.15) is 0 Å². The fraction of sp³-hybridized carbons (Fsp3) is 0.286. The summed E-state index contributed by atoms with van der Waals surface area (Å²) in [6, 6.07) is 15.0. The highest BCUT2D eigenvalue weighted by atomic mass is 35.5. The lowest BCUT2D eigenvalue weighted by Crippen LogP contribution is -2.45. The molecule has 0 aliphatic carbocycles. The predicted molar refractivity (Wildman–Crippen MR) is 106 cm³/mol. The molecule has 2 aromatic rings. The maximum atomic E-state index is 10.9. The maximum Gasteiger partial charge on any atom is 0.335 e. The fourth-order valence-corrected chi connectivity index (χ4v) is 3.18. The lowest BCUT2D eigenvalue weighted by Gasteiger charge is -2.34. The Balaban J connectivity index is 1.42. The van der Waals surface area contributed by atoms with Gasteiger partial charge in [0.1, 0.15) is 0 Å². The van der Waals surface area contributed by atoms with Crippen LogP contribution in [0.15, 0.2) is 54.6 Å². The smallest absolute Gasteiger partial charge is 0.335 e. The van der Waals surface area contributed by atoms with Gasteiger partial charge in [0.2, 0.25) is 0 Å². The summed E-state index contributed by atoms with van der Waals surface area (Å²) in [7, 11) is 0.